The molecule has 3 rings (SSSR count). The third kappa shape index (κ3) is 2.00. The molecule has 1 atom stereocenters. The van der Waals surface area contributed by atoms with Gasteiger partial charge in [-0.25, -0.2) is 0 Å². The number of H-pyrrole nitrogens is 1. The number of benzene rings is 1. The second-order valence-corrected chi connectivity index (χ2v) is 5.79. The minimum absolute atomic E-state index is 0.0113. The molecule has 0 spiro atoms. The summed E-state index contributed by atoms with van der Waals surface area (Å²) in [4.78, 5) is 17.5. The maximum Gasteiger partial charge on any atom is 0.225 e. The zero-order valence-electron chi connectivity index (χ0n) is 11.9. The molecule has 0 fully saturated rings. The Morgan fingerprint density at radius 3 is 2.90 bits per heavy atom. The Morgan fingerprint density at radius 2 is 2.20 bits per heavy atom. The van der Waals surface area contributed by atoms with Crippen LogP contribution >= 0.6 is 0 Å². The first-order valence-corrected chi connectivity index (χ1v) is 7.11. The average Bonchev–Trinajstić information content (AvgIpc) is 2.82. The molecule has 0 bridgehead atoms. The first-order chi connectivity index (χ1) is 9.61. The normalized spacial score (nSPS) is 18.6. The Kier molecular flexibility index (Phi) is 3.26. The summed E-state index contributed by atoms with van der Waals surface area (Å²) >= 11 is 0. The summed E-state index contributed by atoms with van der Waals surface area (Å²) in [6.45, 7) is 4.37. The Hall–Kier alpha value is -1.81. The van der Waals surface area contributed by atoms with Gasteiger partial charge in [0.25, 0.3) is 0 Å². The van der Waals surface area contributed by atoms with Crippen LogP contribution in [-0.2, 0) is 17.8 Å². The average molecular weight is 272 g/mol. The van der Waals surface area contributed by atoms with E-state index in [-0.39, 0.29) is 24.5 Å². The molecule has 2 N–H and O–H groups in total. The van der Waals surface area contributed by atoms with E-state index in [1.807, 2.05) is 30.9 Å². The first-order valence-electron chi connectivity index (χ1n) is 7.11. The fourth-order valence-electron chi connectivity index (χ4n) is 3.02. The van der Waals surface area contributed by atoms with Gasteiger partial charge in [0.15, 0.2) is 0 Å². The number of aromatic amines is 1. The summed E-state index contributed by atoms with van der Waals surface area (Å²) in [6.07, 6.45) is 0.717. The Morgan fingerprint density at radius 1 is 1.45 bits per heavy atom. The van der Waals surface area contributed by atoms with Gasteiger partial charge in [0.2, 0.25) is 5.91 Å². The van der Waals surface area contributed by atoms with Gasteiger partial charge < -0.3 is 15.0 Å². The molecule has 1 aromatic heterocycles. The monoisotopic (exact) mass is 272 g/mol. The van der Waals surface area contributed by atoms with Gasteiger partial charge in [-0.05, 0) is 18.1 Å². The lowest BCUT2D eigenvalue weighted by Gasteiger charge is -2.35. The number of hydrogen-bond donors (Lipinski definition) is 2. The van der Waals surface area contributed by atoms with Crippen LogP contribution in [0.3, 0.4) is 0 Å². The maximum absolute atomic E-state index is 12.3. The van der Waals surface area contributed by atoms with Crippen molar-refractivity contribution in [1.82, 2.24) is 9.88 Å². The van der Waals surface area contributed by atoms with Crippen LogP contribution in [0.2, 0.25) is 0 Å². The molecule has 0 aliphatic carbocycles. The number of fused-ring (bicyclic) bond motifs is 3. The SMILES string of the molecule is CC(C)C(=O)N1Cc2[nH]c3ccccc3c2CC1CO. The lowest BCUT2D eigenvalue weighted by molar-refractivity contribution is -0.139. The van der Waals surface area contributed by atoms with Crippen LogP contribution in [0.15, 0.2) is 24.3 Å². The molecule has 2 aromatic rings. The van der Waals surface area contributed by atoms with E-state index < -0.39 is 0 Å². The molecule has 1 aromatic carbocycles. The summed E-state index contributed by atoms with van der Waals surface area (Å²) in [7, 11) is 0. The van der Waals surface area contributed by atoms with E-state index in [1.54, 1.807) is 0 Å². The number of aliphatic hydroxyl groups is 1. The van der Waals surface area contributed by atoms with Gasteiger partial charge in [-0.1, -0.05) is 32.0 Å². The van der Waals surface area contributed by atoms with Gasteiger partial charge >= 0.3 is 0 Å². The van der Waals surface area contributed by atoms with Crippen molar-refractivity contribution in [2.45, 2.75) is 32.9 Å². The van der Waals surface area contributed by atoms with Crippen molar-refractivity contribution in [3.63, 3.8) is 0 Å². The molecule has 106 valence electrons. The largest absolute Gasteiger partial charge is 0.394 e. The maximum atomic E-state index is 12.3. The Balaban J connectivity index is 2.03. The van der Waals surface area contributed by atoms with Crippen LogP contribution in [-0.4, -0.2) is 33.5 Å². The van der Waals surface area contributed by atoms with Crippen molar-refractivity contribution in [1.29, 1.82) is 0 Å². The minimum Gasteiger partial charge on any atom is -0.394 e. The number of amides is 1. The first kappa shape index (κ1) is 13.2. The van der Waals surface area contributed by atoms with Gasteiger partial charge in [-0.15, -0.1) is 0 Å². The molecular formula is C16H20N2O2. The van der Waals surface area contributed by atoms with Crippen molar-refractivity contribution in [3.05, 3.63) is 35.5 Å². The van der Waals surface area contributed by atoms with E-state index in [1.165, 1.54) is 10.9 Å². The highest BCUT2D eigenvalue weighted by molar-refractivity contribution is 5.86. The van der Waals surface area contributed by atoms with Crippen LogP contribution in [0.4, 0.5) is 0 Å². The molecule has 0 radical (unpaired) electrons. The topological polar surface area (TPSA) is 56.3 Å². The highest BCUT2D eigenvalue weighted by atomic mass is 16.3. The van der Waals surface area contributed by atoms with E-state index in [0.717, 1.165) is 11.2 Å². The molecule has 1 aliphatic rings. The summed E-state index contributed by atoms with van der Waals surface area (Å²) in [5.74, 6) is 0.0586. The molecule has 1 unspecified atom stereocenters. The molecule has 1 aliphatic heterocycles. The number of rotatable bonds is 2. The van der Waals surface area contributed by atoms with Crippen LogP contribution in [0.25, 0.3) is 10.9 Å². The van der Waals surface area contributed by atoms with Gasteiger partial charge in [-0.3, -0.25) is 4.79 Å². The number of carbonyl (C=O) groups is 1. The van der Waals surface area contributed by atoms with E-state index in [4.69, 9.17) is 0 Å². The van der Waals surface area contributed by atoms with Crippen LogP contribution < -0.4 is 0 Å². The van der Waals surface area contributed by atoms with Crippen LogP contribution in [0.1, 0.15) is 25.1 Å². The molecule has 2 heterocycles. The number of para-hydroxylation sites is 1. The number of nitrogens with zero attached hydrogens (tertiary/aromatic N) is 1. The van der Waals surface area contributed by atoms with E-state index in [9.17, 15) is 9.90 Å². The molecule has 0 saturated heterocycles. The van der Waals surface area contributed by atoms with Gasteiger partial charge in [-0.2, -0.15) is 0 Å². The zero-order chi connectivity index (χ0) is 14.3. The van der Waals surface area contributed by atoms with Crippen LogP contribution in [0, 0.1) is 5.92 Å². The smallest absolute Gasteiger partial charge is 0.225 e. The van der Waals surface area contributed by atoms with Crippen molar-refractivity contribution in [3.8, 4) is 0 Å². The quantitative estimate of drug-likeness (QED) is 0.879. The van der Waals surface area contributed by atoms with Crippen LogP contribution in [0.5, 0.6) is 0 Å². The summed E-state index contributed by atoms with van der Waals surface area (Å²) in [6, 6.07) is 8.06. The third-order valence-electron chi connectivity index (χ3n) is 4.10. The highest BCUT2D eigenvalue weighted by Crippen LogP contribution is 2.30. The Labute approximate surface area is 118 Å². The number of nitrogens with one attached hydrogen (secondary N) is 1. The van der Waals surface area contributed by atoms with Crippen molar-refractivity contribution >= 4 is 16.8 Å². The summed E-state index contributed by atoms with van der Waals surface area (Å²) in [5, 5.41) is 10.8. The number of hydrogen-bond acceptors (Lipinski definition) is 2. The Bertz CT molecular complexity index is 645. The highest BCUT2D eigenvalue weighted by Gasteiger charge is 2.32. The predicted octanol–water partition coefficient (Wildman–Crippen LogP) is 2.07. The van der Waals surface area contributed by atoms with Crippen molar-refractivity contribution in [2.24, 2.45) is 5.92 Å². The molecule has 4 nitrogen and oxygen atoms in total. The predicted molar refractivity (Wildman–Crippen MR) is 78.3 cm³/mol. The van der Waals surface area contributed by atoms with Gasteiger partial charge in [0, 0.05) is 22.5 Å². The van der Waals surface area contributed by atoms with Gasteiger partial charge in [0.05, 0.1) is 19.2 Å². The zero-order valence-corrected chi connectivity index (χ0v) is 11.9. The van der Waals surface area contributed by atoms with Crippen molar-refractivity contribution in [2.75, 3.05) is 6.61 Å². The second kappa shape index (κ2) is 4.94. The molecule has 4 heteroatoms. The molecular weight excluding hydrogens is 252 g/mol. The number of aromatic nitrogens is 1. The minimum atomic E-state index is -0.114. The second-order valence-electron chi connectivity index (χ2n) is 5.79. The van der Waals surface area contributed by atoms with Crippen molar-refractivity contribution < 1.29 is 9.90 Å². The summed E-state index contributed by atoms with van der Waals surface area (Å²) < 4.78 is 0. The number of carbonyl (C=O) groups excluding carboxylic acids is 1. The van der Waals surface area contributed by atoms with E-state index in [2.05, 4.69) is 17.1 Å². The molecule has 1 amide bonds. The summed E-state index contributed by atoms with van der Waals surface area (Å²) in [5.41, 5.74) is 3.45. The fourth-order valence-corrected chi connectivity index (χ4v) is 3.02. The van der Waals surface area contributed by atoms with E-state index in [0.29, 0.717) is 13.0 Å². The fraction of sp³-hybridized carbons (Fsp3) is 0.438. The van der Waals surface area contributed by atoms with E-state index >= 15 is 0 Å². The molecule has 0 saturated carbocycles. The van der Waals surface area contributed by atoms with Gasteiger partial charge in [0.1, 0.15) is 0 Å². The lowest BCUT2D eigenvalue weighted by atomic mass is 9.96. The third-order valence-corrected chi connectivity index (χ3v) is 4.10. The lowest BCUT2D eigenvalue weighted by Crippen LogP contribution is -2.47. The standard InChI is InChI=1S/C16H20N2O2/c1-10(2)16(20)18-8-15-13(7-11(18)9-19)12-5-3-4-6-14(12)17-15/h3-6,10-11,17,19H,7-9H2,1-2H3. The number of aliphatic hydroxyl groups excluding tert-OH is 1. The molecule has 20 heavy (non-hydrogen) atoms.